The van der Waals surface area contributed by atoms with E-state index in [0.717, 1.165) is 10.6 Å². The van der Waals surface area contributed by atoms with Gasteiger partial charge in [-0.15, -0.1) is 0 Å². The van der Waals surface area contributed by atoms with Gasteiger partial charge in [0, 0.05) is 18.2 Å². The van der Waals surface area contributed by atoms with Crippen molar-refractivity contribution in [3.05, 3.63) is 63.4 Å². The molecule has 1 aromatic carbocycles. The maximum absolute atomic E-state index is 13.5. The van der Waals surface area contributed by atoms with Crippen LogP contribution in [-0.2, 0) is 18.6 Å². The number of hydrogen-bond donors (Lipinski definition) is 2. The number of aliphatic hydroxyl groups is 1. The second-order valence-corrected chi connectivity index (χ2v) is 13.4. The Morgan fingerprint density at radius 2 is 1.97 bits per heavy atom. The van der Waals surface area contributed by atoms with Gasteiger partial charge in [0.25, 0.3) is 5.56 Å². The molecule has 1 aliphatic rings. The summed E-state index contributed by atoms with van der Waals surface area (Å²) in [6.07, 6.45) is -2.30. The van der Waals surface area contributed by atoms with Gasteiger partial charge in [-0.3, -0.25) is 23.7 Å². The number of para-hydroxylation sites is 1. The summed E-state index contributed by atoms with van der Waals surface area (Å²) in [5.74, 6) is -0.463. The van der Waals surface area contributed by atoms with E-state index < -0.39 is 46.4 Å². The highest BCUT2D eigenvalue weighted by atomic mass is 79.9. The first-order chi connectivity index (χ1) is 15.4. The molecule has 180 valence electrons. The molecule has 13 heteroatoms. The zero-order chi connectivity index (χ0) is 24.4. The van der Waals surface area contributed by atoms with Crippen LogP contribution in [0.4, 0.5) is 0 Å². The normalized spacial score (nSPS) is 24.7. The number of halogens is 2. The maximum atomic E-state index is 13.5. The van der Waals surface area contributed by atoms with Crippen molar-refractivity contribution in [1.82, 2.24) is 9.55 Å². The number of hydrogen-bond acceptors (Lipinski definition) is 8. The standard InChI is InChI=1S/C20H23Br2N2O8P/c1-12(13(2)25)11-33(29,32-14-6-4-3-5-7-14)30-10-15-17(27)20(21,22)18(31-15)24-9-8-16(26)23-19(24)28/h3-9,12,15,17-18,27H,10-11H2,1-2H3,(H,23,26,28)/t12-,15-,17+,18-,33?/m1/s1. The van der Waals surface area contributed by atoms with E-state index in [2.05, 4.69) is 36.8 Å². The molecule has 0 bridgehead atoms. The zero-order valence-electron chi connectivity index (χ0n) is 17.7. The van der Waals surface area contributed by atoms with Crippen molar-refractivity contribution in [1.29, 1.82) is 0 Å². The summed E-state index contributed by atoms with van der Waals surface area (Å²) in [7, 11) is -3.84. The lowest BCUT2D eigenvalue weighted by molar-refractivity contribution is -0.119. The van der Waals surface area contributed by atoms with E-state index in [4.69, 9.17) is 13.8 Å². The molecule has 1 saturated heterocycles. The number of carbonyl (C=O) groups is 1. The third kappa shape index (κ3) is 6.12. The average Bonchev–Trinajstić information content (AvgIpc) is 2.96. The second kappa shape index (κ2) is 10.4. The van der Waals surface area contributed by atoms with Gasteiger partial charge in [0.05, 0.1) is 12.8 Å². The number of aromatic nitrogens is 2. The predicted octanol–water partition coefficient (Wildman–Crippen LogP) is 2.79. The molecular weight excluding hydrogens is 587 g/mol. The van der Waals surface area contributed by atoms with E-state index in [0.29, 0.717) is 5.75 Å². The molecule has 0 spiro atoms. The van der Waals surface area contributed by atoms with Gasteiger partial charge in [0.2, 0.25) is 0 Å². The van der Waals surface area contributed by atoms with Gasteiger partial charge in [0.1, 0.15) is 23.7 Å². The lowest BCUT2D eigenvalue weighted by Gasteiger charge is -2.25. The lowest BCUT2D eigenvalue weighted by Crippen LogP contribution is -2.40. The summed E-state index contributed by atoms with van der Waals surface area (Å²) in [5.41, 5.74) is -1.32. The Morgan fingerprint density at radius 3 is 2.58 bits per heavy atom. The van der Waals surface area contributed by atoms with Crippen LogP contribution < -0.4 is 15.8 Å². The topological polar surface area (TPSA) is 137 Å². The Hall–Kier alpha value is -1.56. The summed E-state index contributed by atoms with van der Waals surface area (Å²) >= 11 is 6.65. The van der Waals surface area contributed by atoms with Gasteiger partial charge in [-0.25, -0.2) is 9.36 Å². The van der Waals surface area contributed by atoms with Gasteiger partial charge in [-0.05, 0) is 19.1 Å². The summed E-state index contributed by atoms with van der Waals surface area (Å²) in [6, 6.07) is 9.53. The number of ketones is 1. The number of nitrogens with one attached hydrogen (secondary N) is 1. The van der Waals surface area contributed by atoms with E-state index in [9.17, 15) is 24.1 Å². The van der Waals surface area contributed by atoms with Crippen molar-refractivity contribution in [3.8, 4) is 5.75 Å². The number of rotatable bonds is 9. The number of Topliss-reactive ketones (excluding diaryl/α,β-unsaturated/α-hetero) is 1. The third-order valence-electron chi connectivity index (χ3n) is 5.10. The lowest BCUT2D eigenvalue weighted by atomic mass is 10.1. The fourth-order valence-electron chi connectivity index (χ4n) is 3.13. The molecule has 2 heterocycles. The van der Waals surface area contributed by atoms with Gasteiger partial charge in [-0.2, -0.15) is 0 Å². The Bertz CT molecular complexity index is 1150. The fraction of sp³-hybridized carbons (Fsp3) is 0.450. The number of aromatic amines is 1. The number of ether oxygens (including phenoxy) is 1. The van der Waals surface area contributed by atoms with Crippen LogP contribution in [0.1, 0.15) is 20.1 Å². The average molecular weight is 610 g/mol. The Kier molecular flexibility index (Phi) is 8.19. The molecule has 2 N–H and O–H groups in total. The number of alkyl halides is 2. The quantitative estimate of drug-likeness (QED) is 0.327. The van der Waals surface area contributed by atoms with Crippen LogP contribution >= 0.6 is 39.5 Å². The second-order valence-electron chi connectivity index (χ2n) is 7.67. The highest BCUT2D eigenvalue weighted by Crippen LogP contribution is 2.53. The summed E-state index contributed by atoms with van der Waals surface area (Å²) in [5, 5.41) is 10.8. The molecule has 0 aliphatic carbocycles. The van der Waals surface area contributed by atoms with Crippen LogP contribution in [0.2, 0.25) is 0 Å². The molecule has 1 fully saturated rings. The minimum absolute atomic E-state index is 0.170. The SMILES string of the molecule is CC(=O)[C@H](C)CP(=O)(OC[C@H]1O[C@@H](n2ccc(=O)[nH]c2=O)C(Br)(Br)[C@H]1O)Oc1ccccc1. The van der Waals surface area contributed by atoms with Crippen LogP contribution in [0.25, 0.3) is 0 Å². The van der Waals surface area contributed by atoms with Crippen molar-refractivity contribution < 1.29 is 28.3 Å². The van der Waals surface area contributed by atoms with E-state index in [1.165, 1.54) is 13.1 Å². The predicted molar refractivity (Wildman–Crippen MR) is 127 cm³/mol. The summed E-state index contributed by atoms with van der Waals surface area (Å²) in [6.45, 7) is 2.65. The van der Waals surface area contributed by atoms with Crippen LogP contribution in [0, 0.1) is 5.92 Å². The summed E-state index contributed by atoms with van der Waals surface area (Å²) < 4.78 is 30.4. The number of H-pyrrole nitrogens is 1. The van der Waals surface area contributed by atoms with E-state index >= 15 is 0 Å². The monoisotopic (exact) mass is 608 g/mol. The molecule has 5 atom stereocenters. The molecule has 10 nitrogen and oxygen atoms in total. The van der Waals surface area contributed by atoms with Crippen LogP contribution in [0.3, 0.4) is 0 Å². The molecule has 33 heavy (non-hydrogen) atoms. The first-order valence-corrected chi connectivity index (χ1v) is 13.3. The molecule has 1 aliphatic heterocycles. The highest BCUT2D eigenvalue weighted by molar-refractivity contribution is 9.25. The van der Waals surface area contributed by atoms with Crippen LogP contribution in [0.15, 0.2) is 52.2 Å². The zero-order valence-corrected chi connectivity index (χ0v) is 21.8. The number of nitrogens with zero attached hydrogens (tertiary/aromatic N) is 1. The Balaban J connectivity index is 1.80. The van der Waals surface area contributed by atoms with Crippen LogP contribution in [0.5, 0.6) is 5.75 Å². The summed E-state index contributed by atoms with van der Waals surface area (Å²) in [4.78, 5) is 37.5. The van der Waals surface area contributed by atoms with Gasteiger partial charge in [0.15, 0.2) is 9.46 Å². The van der Waals surface area contributed by atoms with Crippen molar-refractivity contribution >= 4 is 45.2 Å². The van der Waals surface area contributed by atoms with E-state index in [1.807, 2.05) is 0 Å². The van der Waals surface area contributed by atoms with Gasteiger partial charge in [-0.1, -0.05) is 57.0 Å². The smallest absolute Gasteiger partial charge is 0.379 e. The van der Waals surface area contributed by atoms with Crippen LogP contribution in [-0.4, -0.2) is 48.7 Å². The Labute approximate surface area is 206 Å². The Morgan fingerprint density at radius 1 is 1.30 bits per heavy atom. The minimum Gasteiger partial charge on any atom is -0.424 e. The molecule has 0 radical (unpaired) electrons. The molecule has 3 rings (SSSR count). The molecule has 1 unspecified atom stereocenters. The largest absolute Gasteiger partial charge is 0.424 e. The number of benzene rings is 1. The fourth-order valence-corrected chi connectivity index (χ4v) is 6.35. The van der Waals surface area contributed by atoms with Gasteiger partial charge < -0.3 is 14.4 Å². The van der Waals surface area contributed by atoms with Crippen molar-refractivity contribution in [2.75, 3.05) is 12.8 Å². The van der Waals surface area contributed by atoms with E-state index in [1.54, 1.807) is 37.3 Å². The van der Waals surface area contributed by atoms with Crippen molar-refractivity contribution in [2.24, 2.45) is 5.92 Å². The molecule has 1 aromatic heterocycles. The molecule has 2 aromatic rings. The minimum atomic E-state index is -3.84. The molecule has 0 amide bonds. The third-order valence-corrected chi connectivity index (χ3v) is 8.85. The van der Waals surface area contributed by atoms with Crippen molar-refractivity contribution in [2.45, 2.75) is 35.5 Å². The maximum Gasteiger partial charge on any atom is 0.379 e. The highest BCUT2D eigenvalue weighted by Gasteiger charge is 2.55. The number of carbonyl (C=O) groups excluding carboxylic acids is 1. The molecular formula is C20H23Br2N2O8P. The van der Waals surface area contributed by atoms with Gasteiger partial charge >= 0.3 is 13.3 Å². The molecule has 0 saturated carbocycles. The first kappa shape index (κ1) is 26.1. The number of aliphatic hydroxyl groups excluding tert-OH is 1. The van der Waals surface area contributed by atoms with Crippen molar-refractivity contribution in [3.63, 3.8) is 0 Å². The van der Waals surface area contributed by atoms with E-state index in [-0.39, 0.29) is 18.6 Å². The first-order valence-electron chi connectivity index (χ1n) is 9.94.